The second kappa shape index (κ2) is 8.57. The summed E-state index contributed by atoms with van der Waals surface area (Å²) in [6.45, 7) is 0. The van der Waals surface area contributed by atoms with Crippen LogP contribution in [0, 0.1) is 0 Å². The van der Waals surface area contributed by atoms with E-state index in [0.717, 1.165) is 34.1 Å². The number of H-pyrrole nitrogens is 1. The Hall–Kier alpha value is -3.71. The minimum atomic E-state index is -0.106. The summed E-state index contributed by atoms with van der Waals surface area (Å²) in [7, 11) is 0. The number of carbonyl (C=O) groups excluding carboxylic acids is 1. The first-order valence-corrected chi connectivity index (χ1v) is 10.9. The molecule has 31 heavy (non-hydrogen) atoms. The maximum atomic E-state index is 12.6. The van der Waals surface area contributed by atoms with Crippen LogP contribution in [0.4, 0.5) is 5.69 Å². The molecule has 5 rings (SSSR count). The number of hydrogen-bond acceptors (Lipinski definition) is 5. The van der Waals surface area contributed by atoms with Gasteiger partial charge in [0.15, 0.2) is 5.65 Å². The van der Waals surface area contributed by atoms with Crippen LogP contribution in [0.2, 0.25) is 0 Å². The molecule has 0 aliphatic rings. The molecule has 2 heterocycles. The Labute approximate surface area is 183 Å². The average molecular weight is 426 g/mol. The number of aromatic amines is 1. The third-order valence-corrected chi connectivity index (χ3v) is 5.80. The lowest BCUT2D eigenvalue weighted by Gasteiger charge is -2.11. The van der Waals surface area contributed by atoms with Crippen LogP contribution in [0.3, 0.4) is 0 Å². The molecule has 7 heteroatoms. The van der Waals surface area contributed by atoms with E-state index in [1.807, 2.05) is 66.7 Å². The van der Waals surface area contributed by atoms with Crippen LogP contribution in [-0.2, 0) is 11.2 Å². The fourth-order valence-corrected chi connectivity index (χ4v) is 4.08. The van der Waals surface area contributed by atoms with Crippen molar-refractivity contribution in [2.75, 3.05) is 11.1 Å². The summed E-state index contributed by atoms with van der Waals surface area (Å²) in [6, 6.07) is 25.9. The molecule has 3 aromatic carbocycles. The van der Waals surface area contributed by atoms with Gasteiger partial charge in [0.1, 0.15) is 5.52 Å². The van der Waals surface area contributed by atoms with Gasteiger partial charge in [0.2, 0.25) is 11.1 Å². The quantitative estimate of drug-likeness (QED) is 0.381. The number of fused-ring (bicyclic) bond motifs is 3. The Bertz CT molecular complexity index is 1370. The Morgan fingerprint density at radius 3 is 2.58 bits per heavy atom. The minimum Gasteiger partial charge on any atom is -0.338 e. The van der Waals surface area contributed by atoms with Crippen LogP contribution in [0.1, 0.15) is 11.1 Å². The number of thioether (sulfide) groups is 1. The van der Waals surface area contributed by atoms with E-state index in [0.29, 0.717) is 10.8 Å². The standard InChI is InChI=1S/C24H19N5OS/c30-21(25-19-12-6-4-10-17(19)14-16-8-2-1-3-9-16)15-31-24-27-23-22(28-29-24)18-11-5-7-13-20(18)26-23/h1-13H,14-15H2,(H,25,30)(H,26,27,29). The average Bonchev–Trinajstić information content (AvgIpc) is 3.17. The van der Waals surface area contributed by atoms with Crippen LogP contribution >= 0.6 is 11.8 Å². The molecule has 0 unspecified atom stereocenters. The predicted octanol–water partition coefficient (Wildman–Crippen LogP) is 4.83. The highest BCUT2D eigenvalue weighted by molar-refractivity contribution is 7.99. The zero-order valence-corrected chi connectivity index (χ0v) is 17.4. The topological polar surface area (TPSA) is 83.6 Å². The van der Waals surface area contributed by atoms with Crippen molar-refractivity contribution in [3.63, 3.8) is 0 Å². The highest BCUT2D eigenvalue weighted by atomic mass is 32.2. The second-order valence-electron chi connectivity index (χ2n) is 7.12. The number of nitrogens with one attached hydrogen (secondary N) is 2. The maximum Gasteiger partial charge on any atom is 0.234 e. The van der Waals surface area contributed by atoms with E-state index < -0.39 is 0 Å². The molecule has 0 aliphatic carbocycles. The van der Waals surface area contributed by atoms with Crippen molar-refractivity contribution in [3.8, 4) is 0 Å². The molecule has 6 nitrogen and oxygen atoms in total. The summed E-state index contributed by atoms with van der Waals surface area (Å²) in [5.74, 6) is 0.0958. The summed E-state index contributed by atoms with van der Waals surface area (Å²) in [6.07, 6.45) is 0.758. The zero-order valence-electron chi connectivity index (χ0n) is 16.6. The van der Waals surface area contributed by atoms with Gasteiger partial charge in [0.25, 0.3) is 0 Å². The van der Waals surface area contributed by atoms with Crippen LogP contribution in [0.25, 0.3) is 22.1 Å². The number of carbonyl (C=O) groups is 1. The molecule has 0 radical (unpaired) electrons. The number of rotatable bonds is 6. The monoisotopic (exact) mass is 425 g/mol. The first-order chi connectivity index (χ1) is 15.3. The van der Waals surface area contributed by atoms with Crippen molar-refractivity contribution in [1.82, 2.24) is 20.2 Å². The number of para-hydroxylation sites is 2. The van der Waals surface area contributed by atoms with Crippen molar-refractivity contribution < 1.29 is 4.79 Å². The Morgan fingerprint density at radius 2 is 1.68 bits per heavy atom. The third kappa shape index (κ3) is 4.27. The van der Waals surface area contributed by atoms with Crippen LogP contribution < -0.4 is 5.32 Å². The predicted molar refractivity (Wildman–Crippen MR) is 124 cm³/mol. The highest BCUT2D eigenvalue weighted by Gasteiger charge is 2.12. The largest absolute Gasteiger partial charge is 0.338 e. The number of aromatic nitrogens is 4. The highest BCUT2D eigenvalue weighted by Crippen LogP contribution is 2.24. The van der Waals surface area contributed by atoms with Gasteiger partial charge in [-0.15, -0.1) is 10.2 Å². The van der Waals surface area contributed by atoms with Crippen molar-refractivity contribution in [2.24, 2.45) is 0 Å². The van der Waals surface area contributed by atoms with Gasteiger partial charge in [-0.2, -0.15) is 0 Å². The van der Waals surface area contributed by atoms with Crippen molar-refractivity contribution in [3.05, 3.63) is 90.0 Å². The van der Waals surface area contributed by atoms with Crippen LogP contribution in [0.15, 0.2) is 84.0 Å². The van der Waals surface area contributed by atoms with Crippen molar-refractivity contribution in [2.45, 2.75) is 11.6 Å². The molecule has 0 aliphatic heterocycles. The molecule has 0 saturated heterocycles. The lowest BCUT2D eigenvalue weighted by molar-refractivity contribution is -0.113. The van der Waals surface area contributed by atoms with Gasteiger partial charge in [-0.3, -0.25) is 4.79 Å². The smallest absolute Gasteiger partial charge is 0.234 e. The molecule has 0 saturated carbocycles. The van der Waals surface area contributed by atoms with Gasteiger partial charge in [0, 0.05) is 16.6 Å². The zero-order chi connectivity index (χ0) is 21.0. The maximum absolute atomic E-state index is 12.6. The van der Waals surface area contributed by atoms with Crippen molar-refractivity contribution in [1.29, 1.82) is 0 Å². The van der Waals surface area contributed by atoms with Crippen molar-refractivity contribution >= 4 is 45.4 Å². The van der Waals surface area contributed by atoms with Gasteiger partial charge < -0.3 is 10.3 Å². The molecule has 1 amide bonds. The fourth-order valence-electron chi connectivity index (χ4n) is 3.50. The second-order valence-corrected chi connectivity index (χ2v) is 8.06. The molecule has 152 valence electrons. The first-order valence-electron chi connectivity index (χ1n) is 9.92. The molecule has 0 spiro atoms. The van der Waals surface area contributed by atoms with Gasteiger partial charge in [0.05, 0.1) is 5.75 Å². The summed E-state index contributed by atoms with van der Waals surface area (Å²) >= 11 is 1.27. The first kappa shape index (κ1) is 19.3. The lowest BCUT2D eigenvalue weighted by atomic mass is 10.0. The molecule has 2 N–H and O–H groups in total. The van der Waals surface area contributed by atoms with E-state index in [1.54, 1.807) is 0 Å². The molecule has 0 atom stereocenters. The van der Waals surface area contributed by atoms with E-state index in [2.05, 4.69) is 37.6 Å². The molecule has 5 aromatic rings. The summed E-state index contributed by atoms with van der Waals surface area (Å²) in [5.41, 5.74) is 5.47. The van der Waals surface area contributed by atoms with Gasteiger partial charge in [-0.25, -0.2) is 4.98 Å². The Kier molecular flexibility index (Phi) is 5.33. The third-order valence-electron chi connectivity index (χ3n) is 4.96. The molecular weight excluding hydrogens is 406 g/mol. The van der Waals surface area contributed by atoms with E-state index in [1.165, 1.54) is 17.3 Å². The Balaban J connectivity index is 1.27. The number of anilines is 1. The number of amides is 1. The van der Waals surface area contributed by atoms with E-state index >= 15 is 0 Å². The van der Waals surface area contributed by atoms with Crippen LogP contribution in [-0.4, -0.2) is 31.8 Å². The molecule has 0 fully saturated rings. The summed E-state index contributed by atoms with van der Waals surface area (Å²) in [4.78, 5) is 20.3. The van der Waals surface area contributed by atoms with E-state index in [9.17, 15) is 4.79 Å². The van der Waals surface area contributed by atoms with Gasteiger partial charge in [-0.05, 0) is 29.7 Å². The van der Waals surface area contributed by atoms with E-state index in [-0.39, 0.29) is 11.7 Å². The minimum absolute atomic E-state index is 0.106. The Morgan fingerprint density at radius 1 is 0.903 bits per heavy atom. The van der Waals surface area contributed by atoms with Crippen LogP contribution in [0.5, 0.6) is 0 Å². The fraction of sp³-hybridized carbons (Fsp3) is 0.0833. The molecular formula is C24H19N5OS. The number of benzene rings is 3. The summed E-state index contributed by atoms with van der Waals surface area (Å²) in [5, 5.41) is 12.9. The SMILES string of the molecule is O=C(CSc1nnc2c(n1)[nH]c1ccccc12)Nc1ccccc1Cc1ccccc1. The van der Waals surface area contributed by atoms with Gasteiger partial charge in [-0.1, -0.05) is 78.5 Å². The summed E-state index contributed by atoms with van der Waals surface area (Å²) < 4.78 is 0. The normalized spacial score (nSPS) is 11.1. The number of hydrogen-bond donors (Lipinski definition) is 2. The number of nitrogens with zero attached hydrogens (tertiary/aromatic N) is 3. The lowest BCUT2D eigenvalue weighted by Crippen LogP contribution is -2.15. The molecule has 0 bridgehead atoms. The van der Waals surface area contributed by atoms with E-state index in [4.69, 9.17) is 0 Å². The molecule has 2 aromatic heterocycles. The van der Waals surface area contributed by atoms with Gasteiger partial charge >= 0.3 is 0 Å².